The van der Waals surface area contributed by atoms with Crippen LogP contribution in [0.25, 0.3) is 0 Å². The molecule has 19 heavy (non-hydrogen) atoms. The Labute approximate surface area is 113 Å². The Bertz CT molecular complexity index is 514. The van der Waals surface area contributed by atoms with E-state index in [4.69, 9.17) is 10.5 Å². The monoisotopic (exact) mass is 288 g/mol. The van der Waals surface area contributed by atoms with Crippen LogP contribution < -0.4 is 5.73 Å². The van der Waals surface area contributed by atoms with Gasteiger partial charge in [-0.05, 0) is 19.4 Å². The highest BCUT2D eigenvalue weighted by atomic mass is 32.2. The number of nitrogens with two attached hydrogens (primary N) is 1. The molecule has 0 spiro atoms. The van der Waals surface area contributed by atoms with Crippen LogP contribution in [0.3, 0.4) is 0 Å². The van der Waals surface area contributed by atoms with E-state index < -0.39 is 10.0 Å². The molecule has 0 saturated carbocycles. The second kappa shape index (κ2) is 6.00. The Morgan fingerprint density at radius 1 is 1.58 bits per heavy atom. The molecule has 0 aromatic carbocycles. The van der Waals surface area contributed by atoms with Crippen molar-refractivity contribution in [2.45, 2.75) is 30.4 Å². The predicted molar refractivity (Wildman–Crippen MR) is 70.1 cm³/mol. The first-order valence-electron chi connectivity index (χ1n) is 6.33. The number of rotatable bonds is 6. The summed E-state index contributed by atoms with van der Waals surface area (Å²) in [6, 6.07) is 0. The molecule has 1 aromatic heterocycles. The van der Waals surface area contributed by atoms with E-state index in [1.165, 1.54) is 10.5 Å². The largest absolute Gasteiger partial charge is 0.380 e. The molecular formula is C11H20N4O3S. The van der Waals surface area contributed by atoms with Crippen LogP contribution in [-0.4, -0.2) is 55.4 Å². The Morgan fingerprint density at radius 3 is 3.00 bits per heavy atom. The SMILES string of the molecule is COC1CCN(S(=O)(=O)c2cnn(CCCN)c2)C1. The number of aromatic nitrogens is 2. The first-order valence-corrected chi connectivity index (χ1v) is 7.77. The summed E-state index contributed by atoms with van der Waals surface area (Å²) in [5.41, 5.74) is 5.42. The van der Waals surface area contributed by atoms with Crippen molar-refractivity contribution in [2.75, 3.05) is 26.7 Å². The third-order valence-electron chi connectivity index (χ3n) is 3.28. The second-order valence-corrected chi connectivity index (χ2v) is 6.53. The van der Waals surface area contributed by atoms with Gasteiger partial charge in [0.25, 0.3) is 0 Å². The van der Waals surface area contributed by atoms with Gasteiger partial charge >= 0.3 is 0 Å². The van der Waals surface area contributed by atoms with Gasteiger partial charge in [-0.15, -0.1) is 0 Å². The van der Waals surface area contributed by atoms with Gasteiger partial charge in [0.15, 0.2) is 0 Å². The molecule has 1 aliphatic heterocycles. The van der Waals surface area contributed by atoms with Gasteiger partial charge in [-0.1, -0.05) is 0 Å². The highest BCUT2D eigenvalue weighted by molar-refractivity contribution is 7.89. The number of nitrogens with zero attached hydrogens (tertiary/aromatic N) is 3. The minimum atomic E-state index is -3.45. The van der Waals surface area contributed by atoms with Gasteiger partial charge in [0.1, 0.15) is 4.90 Å². The molecule has 1 unspecified atom stereocenters. The molecule has 1 aliphatic rings. The van der Waals surface area contributed by atoms with Gasteiger partial charge in [-0.2, -0.15) is 9.40 Å². The van der Waals surface area contributed by atoms with Crippen LogP contribution in [0.2, 0.25) is 0 Å². The highest BCUT2D eigenvalue weighted by Crippen LogP contribution is 2.21. The summed E-state index contributed by atoms with van der Waals surface area (Å²) in [5, 5.41) is 4.05. The fraction of sp³-hybridized carbons (Fsp3) is 0.727. The van der Waals surface area contributed by atoms with Gasteiger partial charge in [0.05, 0.1) is 12.3 Å². The van der Waals surface area contributed by atoms with E-state index >= 15 is 0 Å². The average Bonchev–Trinajstić information content (AvgIpc) is 3.05. The summed E-state index contributed by atoms with van der Waals surface area (Å²) in [5.74, 6) is 0. The molecule has 1 atom stereocenters. The Balaban J connectivity index is 2.09. The molecule has 0 aliphatic carbocycles. The zero-order valence-corrected chi connectivity index (χ0v) is 11.8. The van der Waals surface area contributed by atoms with Crippen molar-refractivity contribution in [2.24, 2.45) is 5.73 Å². The van der Waals surface area contributed by atoms with Crippen molar-refractivity contribution in [3.05, 3.63) is 12.4 Å². The maximum Gasteiger partial charge on any atom is 0.246 e. The fourth-order valence-electron chi connectivity index (χ4n) is 2.11. The molecular weight excluding hydrogens is 268 g/mol. The average molecular weight is 288 g/mol. The lowest BCUT2D eigenvalue weighted by molar-refractivity contribution is 0.115. The lowest BCUT2D eigenvalue weighted by Gasteiger charge is -2.14. The maximum absolute atomic E-state index is 12.4. The second-order valence-electron chi connectivity index (χ2n) is 4.59. The van der Waals surface area contributed by atoms with Crippen molar-refractivity contribution in [1.82, 2.24) is 14.1 Å². The van der Waals surface area contributed by atoms with Crippen LogP contribution in [-0.2, 0) is 21.3 Å². The zero-order chi connectivity index (χ0) is 13.9. The minimum Gasteiger partial charge on any atom is -0.380 e. The summed E-state index contributed by atoms with van der Waals surface area (Å²) in [4.78, 5) is 0.237. The van der Waals surface area contributed by atoms with E-state index in [9.17, 15) is 8.42 Å². The van der Waals surface area contributed by atoms with Gasteiger partial charge in [0.2, 0.25) is 10.0 Å². The molecule has 2 rings (SSSR count). The highest BCUT2D eigenvalue weighted by Gasteiger charge is 2.33. The molecule has 2 heterocycles. The molecule has 2 N–H and O–H groups in total. The lowest BCUT2D eigenvalue weighted by Crippen LogP contribution is -2.29. The first kappa shape index (κ1) is 14.4. The Morgan fingerprint density at radius 2 is 2.37 bits per heavy atom. The number of aryl methyl sites for hydroxylation is 1. The number of hydrogen-bond acceptors (Lipinski definition) is 5. The number of ether oxygens (including phenoxy) is 1. The summed E-state index contributed by atoms with van der Waals surface area (Å²) in [6.45, 7) is 2.10. The van der Waals surface area contributed by atoms with E-state index in [0.717, 1.165) is 12.8 Å². The normalized spacial score (nSPS) is 21.1. The van der Waals surface area contributed by atoms with Crippen LogP contribution in [0.5, 0.6) is 0 Å². The van der Waals surface area contributed by atoms with Crippen LogP contribution in [0, 0.1) is 0 Å². The number of sulfonamides is 1. The summed E-state index contributed by atoms with van der Waals surface area (Å²) >= 11 is 0. The zero-order valence-electron chi connectivity index (χ0n) is 11.0. The quantitative estimate of drug-likeness (QED) is 0.772. The molecule has 7 nitrogen and oxygen atoms in total. The molecule has 0 radical (unpaired) electrons. The molecule has 8 heteroatoms. The molecule has 1 aromatic rings. The number of hydrogen-bond donors (Lipinski definition) is 1. The topological polar surface area (TPSA) is 90.5 Å². The number of methoxy groups -OCH3 is 1. The van der Waals surface area contributed by atoms with Crippen molar-refractivity contribution < 1.29 is 13.2 Å². The third kappa shape index (κ3) is 3.14. The standard InChI is InChI=1S/C11H20N4O3S/c1-18-10-3-6-15(8-10)19(16,17)11-7-13-14(9-11)5-2-4-12/h7,9-10H,2-6,8,12H2,1H3. The maximum atomic E-state index is 12.4. The van der Waals surface area contributed by atoms with Crippen LogP contribution in [0.4, 0.5) is 0 Å². The minimum absolute atomic E-state index is 0.0120. The Hall–Kier alpha value is -0.960. The summed E-state index contributed by atoms with van der Waals surface area (Å²) in [7, 11) is -1.84. The molecule has 0 bridgehead atoms. The van der Waals surface area contributed by atoms with Crippen LogP contribution in [0.15, 0.2) is 17.3 Å². The molecule has 1 saturated heterocycles. The van der Waals surface area contributed by atoms with E-state index in [1.807, 2.05) is 0 Å². The van der Waals surface area contributed by atoms with Gasteiger partial charge in [-0.25, -0.2) is 8.42 Å². The van der Waals surface area contributed by atoms with Crippen molar-refractivity contribution in [3.8, 4) is 0 Å². The van der Waals surface area contributed by atoms with Gasteiger partial charge in [0, 0.05) is 32.9 Å². The lowest BCUT2D eigenvalue weighted by atomic mass is 10.3. The smallest absolute Gasteiger partial charge is 0.246 e. The van der Waals surface area contributed by atoms with Gasteiger partial charge < -0.3 is 10.5 Å². The molecule has 1 fully saturated rings. The van der Waals surface area contributed by atoms with Crippen molar-refractivity contribution in [3.63, 3.8) is 0 Å². The van der Waals surface area contributed by atoms with Crippen LogP contribution >= 0.6 is 0 Å². The van der Waals surface area contributed by atoms with E-state index in [0.29, 0.717) is 26.2 Å². The van der Waals surface area contributed by atoms with E-state index in [1.54, 1.807) is 18.0 Å². The third-order valence-corrected chi connectivity index (χ3v) is 5.10. The van der Waals surface area contributed by atoms with Crippen molar-refractivity contribution in [1.29, 1.82) is 0 Å². The van der Waals surface area contributed by atoms with E-state index in [-0.39, 0.29) is 11.0 Å². The van der Waals surface area contributed by atoms with Gasteiger partial charge in [-0.3, -0.25) is 4.68 Å². The summed E-state index contributed by atoms with van der Waals surface area (Å²) in [6.07, 6.45) is 4.45. The molecule has 108 valence electrons. The molecule has 0 amide bonds. The van der Waals surface area contributed by atoms with Crippen LogP contribution in [0.1, 0.15) is 12.8 Å². The van der Waals surface area contributed by atoms with E-state index in [2.05, 4.69) is 5.10 Å². The predicted octanol–water partition coefficient (Wildman–Crippen LogP) is -0.359. The Kier molecular flexibility index (Phi) is 4.56. The first-order chi connectivity index (χ1) is 9.07. The van der Waals surface area contributed by atoms with Crippen molar-refractivity contribution >= 4 is 10.0 Å². The fourth-order valence-corrected chi connectivity index (χ4v) is 3.55. The summed E-state index contributed by atoms with van der Waals surface area (Å²) < 4.78 is 33.0.